The van der Waals surface area contributed by atoms with E-state index in [1.165, 1.54) is 0 Å². The Morgan fingerprint density at radius 2 is 1.88 bits per heavy atom. The van der Waals surface area contributed by atoms with Crippen LogP contribution in [0.4, 0.5) is 0 Å². The molecule has 2 N–H and O–H groups in total. The molecule has 1 aromatic heterocycles. The molecule has 0 saturated carbocycles. The minimum absolute atomic E-state index is 0.0458. The lowest BCUT2D eigenvalue weighted by molar-refractivity contribution is -0.124. The first-order valence-electron chi connectivity index (χ1n) is 8.71. The van der Waals surface area contributed by atoms with Crippen LogP contribution in [0.2, 0.25) is 0 Å². The minimum Gasteiger partial charge on any atom is -0.494 e. The highest BCUT2D eigenvalue weighted by atomic mass is 16.5. The molecule has 6 heteroatoms. The van der Waals surface area contributed by atoms with Crippen molar-refractivity contribution in [3.63, 3.8) is 0 Å². The topological polar surface area (TPSA) is 80.3 Å². The molecule has 0 unspecified atom stereocenters. The van der Waals surface area contributed by atoms with Crippen molar-refractivity contribution in [2.45, 2.75) is 33.4 Å². The van der Waals surface area contributed by atoms with Crippen molar-refractivity contribution in [3.05, 3.63) is 59.9 Å². The van der Waals surface area contributed by atoms with Gasteiger partial charge in [0.25, 0.3) is 5.91 Å². The number of ether oxygens (including phenoxy) is 1. The Kier molecular flexibility index (Phi) is 7.14. The van der Waals surface area contributed by atoms with Gasteiger partial charge in [0, 0.05) is 24.5 Å². The van der Waals surface area contributed by atoms with Gasteiger partial charge in [-0.05, 0) is 48.7 Å². The number of hydrogen-bond donors (Lipinski definition) is 2. The molecule has 1 aromatic carbocycles. The van der Waals surface area contributed by atoms with E-state index in [2.05, 4.69) is 15.6 Å². The summed E-state index contributed by atoms with van der Waals surface area (Å²) >= 11 is 0. The van der Waals surface area contributed by atoms with Gasteiger partial charge in [-0.1, -0.05) is 19.9 Å². The highest BCUT2D eigenvalue weighted by molar-refractivity contribution is 5.97. The number of carbonyl (C=O) groups excluding carboxylic acids is 2. The van der Waals surface area contributed by atoms with Gasteiger partial charge in [-0.15, -0.1) is 0 Å². The van der Waals surface area contributed by atoms with Crippen LogP contribution in [0.5, 0.6) is 5.75 Å². The monoisotopic (exact) mass is 355 g/mol. The summed E-state index contributed by atoms with van der Waals surface area (Å²) in [6.45, 7) is 6.63. The molecule has 2 rings (SSSR count). The number of rotatable bonds is 8. The molecular formula is C20H25N3O3. The molecule has 0 bridgehead atoms. The van der Waals surface area contributed by atoms with Crippen LogP contribution in [-0.2, 0) is 11.3 Å². The van der Waals surface area contributed by atoms with Crippen LogP contribution in [0.15, 0.2) is 48.8 Å². The van der Waals surface area contributed by atoms with E-state index in [9.17, 15) is 9.59 Å². The largest absolute Gasteiger partial charge is 0.494 e. The molecule has 2 amide bonds. The molecule has 0 fully saturated rings. The van der Waals surface area contributed by atoms with E-state index < -0.39 is 6.04 Å². The van der Waals surface area contributed by atoms with Crippen LogP contribution in [0.1, 0.15) is 36.7 Å². The Labute approximate surface area is 154 Å². The Bertz CT molecular complexity index is 715. The molecule has 0 spiro atoms. The van der Waals surface area contributed by atoms with Crippen LogP contribution < -0.4 is 15.4 Å². The summed E-state index contributed by atoms with van der Waals surface area (Å²) in [6, 6.07) is 9.93. The molecule has 0 saturated heterocycles. The molecular weight excluding hydrogens is 330 g/mol. The molecule has 1 heterocycles. The summed E-state index contributed by atoms with van der Waals surface area (Å²) in [5.41, 5.74) is 1.39. The fourth-order valence-corrected chi connectivity index (χ4v) is 2.43. The Hall–Kier alpha value is -2.89. The summed E-state index contributed by atoms with van der Waals surface area (Å²) in [5, 5.41) is 5.66. The zero-order valence-electron chi connectivity index (χ0n) is 15.4. The number of nitrogens with zero attached hydrogens (tertiary/aromatic N) is 1. The van der Waals surface area contributed by atoms with Gasteiger partial charge in [-0.25, -0.2) is 0 Å². The third-order valence-electron chi connectivity index (χ3n) is 3.85. The van der Waals surface area contributed by atoms with Gasteiger partial charge in [-0.2, -0.15) is 0 Å². The first kappa shape index (κ1) is 19.4. The van der Waals surface area contributed by atoms with E-state index >= 15 is 0 Å². The van der Waals surface area contributed by atoms with Gasteiger partial charge in [0.05, 0.1) is 6.61 Å². The molecule has 26 heavy (non-hydrogen) atoms. The summed E-state index contributed by atoms with van der Waals surface area (Å²) in [5.74, 6) is 0.153. The van der Waals surface area contributed by atoms with Gasteiger partial charge in [0.1, 0.15) is 11.8 Å². The average Bonchev–Trinajstić information content (AvgIpc) is 2.65. The lowest BCUT2D eigenvalue weighted by atomic mass is 10.0. The summed E-state index contributed by atoms with van der Waals surface area (Å²) in [6.07, 6.45) is 3.38. The molecule has 0 aliphatic carbocycles. The number of amides is 2. The second kappa shape index (κ2) is 9.56. The van der Waals surface area contributed by atoms with Gasteiger partial charge in [0.15, 0.2) is 0 Å². The van der Waals surface area contributed by atoms with Crippen LogP contribution in [0.3, 0.4) is 0 Å². The second-order valence-electron chi connectivity index (χ2n) is 6.23. The van der Waals surface area contributed by atoms with Gasteiger partial charge < -0.3 is 15.4 Å². The lowest BCUT2D eigenvalue weighted by Crippen LogP contribution is -2.49. The van der Waals surface area contributed by atoms with Crippen LogP contribution >= 0.6 is 0 Å². The molecule has 0 aliphatic rings. The fourth-order valence-electron chi connectivity index (χ4n) is 2.43. The van der Waals surface area contributed by atoms with Crippen molar-refractivity contribution in [1.29, 1.82) is 0 Å². The number of aromatic nitrogens is 1. The van der Waals surface area contributed by atoms with E-state index in [1.54, 1.807) is 36.7 Å². The van der Waals surface area contributed by atoms with Gasteiger partial charge >= 0.3 is 0 Å². The second-order valence-corrected chi connectivity index (χ2v) is 6.23. The number of benzene rings is 1. The smallest absolute Gasteiger partial charge is 0.251 e. The molecule has 138 valence electrons. The molecule has 6 nitrogen and oxygen atoms in total. The van der Waals surface area contributed by atoms with Crippen molar-refractivity contribution in [2.75, 3.05) is 6.61 Å². The lowest BCUT2D eigenvalue weighted by Gasteiger charge is -2.22. The number of nitrogens with one attached hydrogen (secondary N) is 2. The maximum absolute atomic E-state index is 12.5. The van der Waals surface area contributed by atoms with E-state index in [1.807, 2.05) is 32.9 Å². The van der Waals surface area contributed by atoms with Crippen molar-refractivity contribution in [3.8, 4) is 5.75 Å². The quantitative estimate of drug-likeness (QED) is 0.763. The third-order valence-corrected chi connectivity index (χ3v) is 3.85. The molecule has 0 aliphatic heterocycles. The van der Waals surface area contributed by atoms with Crippen molar-refractivity contribution in [2.24, 2.45) is 5.92 Å². The summed E-state index contributed by atoms with van der Waals surface area (Å²) in [4.78, 5) is 29.0. The average molecular weight is 355 g/mol. The Morgan fingerprint density at radius 1 is 1.15 bits per heavy atom. The third kappa shape index (κ3) is 5.58. The van der Waals surface area contributed by atoms with Crippen molar-refractivity contribution in [1.82, 2.24) is 15.6 Å². The van der Waals surface area contributed by atoms with E-state index in [-0.39, 0.29) is 17.7 Å². The number of pyridine rings is 1. The number of hydrogen-bond acceptors (Lipinski definition) is 4. The molecule has 2 aromatic rings. The van der Waals surface area contributed by atoms with Crippen molar-refractivity contribution < 1.29 is 14.3 Å². The highest BCUT2D eigenvalue weighted by Crippen LogP contribution is 2.13. The van der Waals surface area contributed by atoms with Gasteiger partial charge in [-0.3, -0.25) is 14.6 Å². The maximum Gasteiger partial charge on any atom is 0.251 e. The van der Waals surface area contributed by atoms with Crippen molar-refractivity contribution >= 4 is 11.8 Å². The summed E-state index contributed by atoms with van der Waals surface area (Å²) < 4.78 is 5.37. The predicted octanol–water partition coefficient (Wildman–Crippen LogP) is 2.55. The first-order chi connectivity index (χ1) is 12.5. The minimum atomic E-state index is -0.620. The van der Waals surface area contributed by atoms with Crippen LogP contribution in [-0.4, -0.2) is 29.4 Å². The standard InChI is InChI=1S/C20H25N3O3/c1-4-26-17-9-7-16(8-10-17)19(24)23-18(14(2)3)20(25)22-13-15-6-5-11-21-12-15/h5-12,14,18H,4,13H2,1-3H3,(H,22,25)(H,23,24)/t18-/m0/s1. The summed E-state index contributed by atoms with van der Waals surface area (Å²) in [7, 11) is 0. The molecule has 1 atom stereocenters. The SMILES string of the molecule is CCOc1ccc(C(=O)N[C@H](C(=O)NCc2cccnc2)C(C)C)cc1. The Morgan fingerprint density at radius 3 is 2.46 bits per heavy atom. The zero-order valence-corrected chi connectivity index (χ0v) is 15.4. The van der Waals surface area contributed by atoms with E-state index in [0.717, 1.165) is 5.56 Å². The van der Waals surface area contributed by atoms with E-state index in [0.29, 0.717) is 24.5 Å². The fraction of sp³-hybridized carbons (Fsp3) is 0.350. The van der Waals surface area contributed by atoms with E-state index in [4.69, 9.17) is 4.74 Å². The molecule has 0 radical (unpaired) electrons. The number of carbonyl (C=O) groups is 2. The van der Waals surface area contributed by atoms with Crippen LogP contribution in [0.25, 0.3) is 0 Å². The zero-order chi connectivity index (χ0) is 18.9. The highest BCUT2D eigenvalue weighted by Gasteiger charge is 2.24. The first-order valence-corrected chi connectivity index (χ1v) is 8.71. The van der Waals surface area contributed by atoms with Gasteiger partial charge in [0.2, 0.25) is 5.91 Å². The maximum atomic E-state index is 12.5. The predicted molar refractivity (Wildman–Crippen MR) is 99.8 cm³/mol. The Balaban J connectivity index is 1.97. The normalized spacial score (nSPS) is 11.7. The van der Waals surface area contributed by atoms with Crippen LogP contribution in [0, 0.1) is 5.92 Å².